The number of halogens is 2. The molecule has 20 heavy (non-hydrogen) atoms. The fourth-order valence-electron chi connectivity index (χ4n) is 2.32. The third kappa shape index (κ3) is 2.81. The molecule has 1 unspecified atom stereocenters. The first-order chi connectivity index (χ1) is 9.43. The number of aromatic nitrogens is 2. The fraction of sp³-hybridized carbons (Fsp3) is 0.333. The zero-order valence-electron chi connectivity index (χ0n) is 11.7. The Morgan fingerprint density at radius 1 is 1.25 bits per heavy atom. The predicted octanol–water partition coefficient (Wildman–Crippen LogP) is 3.62. The van der Waals surface area contributed by atoms with Crippen molar-refractivity contribution in [2.75, 3.05) is 6.54 Å². The van der Waals surface area contributed by atoms with Crippen LogP contribution in [0, 0.1) is 19.7 Å². The van der Waals surface area contributed by atoms with Crippen LogP contribution in [0.25, 0.3) is 11.4 Å². The normalized spacial score (nSPS) is 12.5. The molecule has 1 aromatic heterocycles. The highest BCUT2D eigenvalue weighted by Crippen LogP contribution is 2.26. The lowest BCUT2D eigenvalue weighted by Gasteiger charge is -2.15. The van der Waals surface area contributed by atoms with Gasteiger partial charge in [-0.05, 0) is 50.1 Å². The van der Waals surface area contributed by atoms with Gasteiger partial charge in [0.1, 0.15) is 5.82 Å². The van der Waals surface area contributed by atoms with E-state index in [2.05, 4.69) is 9.97 Å². The van der Waals surface area contributed by atoms with E-state index < -0.39 is 5.82 Å². The lowest BCUT2D eigenvalue weighted by Crippen LogP contribution is -2.14. The Balaban J connectivity index is 2.51. The van der Waals surface area contributed by atoms with Crippen LogP contribution in [-0.4, -0.2) is 16.5 Å². The van der Waals surface area contributed by atoms with Crippen LogP contribution >= 0.6 is 11.6 Å². The summed E-state index contributed by atoms with van der Waals surface area (Å²) in [6.45, 7) is 6.47. The third-order valence-corrected chi connectivity index (χ3v) is 3.64. The maximum absolute atomic E-state index is 13.2. The Kier molecular flexibility index (Phi) is 4.35. The summed E-state index contributed by atoms with van der Waals surface area (Å²) in [6, 6.07) is 4.49. The first-order valence-electron chi connectivity index (χ1n) is 6.44. The van der Waals surface area contributed by atoms with Gasteiger partial charge in [-0.15, -0.1) is 0 Å². The number of hydrogen-bond donors (Lipinski definition) is 1. The van der Waals surface area contributed by atoms with Crippen LogP contribution < -0.4 is 5.73 Å². The Bertz CT molecular complexity index is 620. The van der Waals surface area contributed by atoms with Gasteiger partial charge in [-0.25, -0.2) is 14.4 Å². The van der Waals surface area contributed by atoms with Crippen LogP contribution in [0.2, 0.25) is 5.02 Å². The first kappa shape index (κ1) is 14.9. The van der Waals surface area contributed by atoms with Crippen molar-refractivity contribution >= 4 is 11.6 Å². The van der Waals surface area contributed by atoms with Gasteiger partial charge >= 0.3 is 0 Å². The number of aryl methyl sites for hydroxylation is 2. The lowest BCUT2D eigenvalue weighted by atomic mass is 9.98. The van der Waals surface area contributed by atoms with Crippen LogP contribution in [0.1, 0.15) is 29.8 Å². The molecule has 0 aliphatic rings. The number of hydrogen-bond acceptors (Lipinski definition) is 3. The molecule has 0 radical (unpaired) electrons. The minimum Gasteiger partial charge on any atom is -0.330 e. The second kappa shape index (κ2) is 5.85. The lowest BCUT2D eigenvalue weighted by molar-refractivity contribution is 0.628. The van der Waals surface area contributed by atoms with E-state index in [1.807, 2.05) is 20.8 Å². The molecule has 0 saturated heterocycles. The largest absolute Gasteiger partial charge is 0.330 e. The number of nitrogens with zero attached hydrogens (tertiary/aromatic N) is 2. The summed E-state index contributed by atoms with van der Waals surface area (Å²) in [5.74, 6) is 0.313. The molecule has 0 fully saturated rings. The average Bonchev–Trinajstić information content (AvgIpc) is 2.40. The smallest absolute Gasteiger partial charge is 0.159 e. The van der Waals surface area contributed by atoms with Crippen LogP contribution in [-0.2, 0) is 0 Å². The van der Waals surface area contributed by atoms with Crippen molar-refractivity contribution in [3.63, 3.8) is 0 Å². The molecule has 0 aliphatic carbocycles. The second-order valence-corrected chi connectivity index (χ2v) is 5.30. The molecule has 0 bridgehead atoms. The van der Waals surface area contributed by atoms with Gasteiger partial charge in [0.15, 0.2) is 5.82 Å². The molecular weight excluding hydrogens is 277 g/mol. The highest BCUT2D eigenvalue weighted by Gasteiger charge is 2.15. The number of nitrogens with two attached hydrogens (primary N) is 1. The van der Waals surface area contributed by atoms with Crippen LogP contribution in [0.15, 0.2) is 18.2 Å². The fourth-order valence-corrected chi connectivity index (χ4v) is 2.50. The molecule has 2 aromatic rings. The van der Waals surface area contributed by atoms with Gasteiger partial charge in [0.2, 0.25) is 0 Å². The first-order valence-corrected chi connectivity index (χ1v) is 6.82. The van der Waals surface area contributed by atoms with Gasteiger partial charge in [0, 0.05) is 17.0 Å². The van der Waals surface area contributed by atoms with Crippen molar-refractivity contribution in [3.8, 4) is 11.4 Å². The molecule has 0 aliphatic heterocycles. The Hall–Kier alpha value is -1.52. The minimum absolute atomic E-state index is 0.0702. The van der Waals surface area contributed by atoms with Crippen molar-refractivity contribution in [1.29, 1.82) is 0 Å². The molecule has 0 amide bonds. The van der Waals surface area contributed by atoms with E-state index in [4.69, 9.17) is 17.3 Å². The predicted molar refractivity (Wildman–Crippen MR) is 79.4 cm³/mol. The van der Waals surface area contributed by atoms with Gasteiger partial charge < -0.3 is 5.73 Å². The Morgan fingerprint density at radius 2 is 1.85 bits per heavy atom. The van der Waals surface area contributed by atoms with E-state index in [-0.39, 0.29) is 10.9 Å². The molecule has 2 rings (SSSR count). The van der Waals surface area contributed by atoms with E-state index in [9.17, 15) is 4.39 Å². The average molecular weight is 294 g/mol. The van der Waals surface area contributed by atoms with Crippen LogP contribution in [0.3, 0.4) is 0 Å². The topological polar surface area (TPSA) is 51.8 Å². The second-order valence-electron chi connectivity index (χ2n) is 4.90. The van der Waals surface area contributed by atoms with E-state index in [0.29, 0.717) is 17.9 Å². The summed E-state index contributed by atoms with van der Waals surface area (Å²) in [7, 11) is 0. The summed E-state index contributed by atoms with van der Waals surface area (Å²) in [6.07, 6.45) is 0. The maximum Gasteiger partial charge on any atom is 0.159 e. The van der Waals surface area contributed by atoms with Gasteiger partial charge in [0.05, 0.1) is 5.02 Å². The summed E-state index contributed by atoms with van der Waals surface area (Å²) < 4.78 is 13.2. The molecule has 0 saturated carbocycles. The van der Waals surface area contributed by atoms with E-state index in [0.717, 1.165) is 17.0 Å². The van der Waals surface area contributed by atoms with Crippen molar-refractivity contribution in [3.05, 3.63) is 46.0 Å². The summed E-state index contributed by atoms with van der Waals surface area (Å²) in [5.41, 5.74) is 9.28. The molecule has 1 aromatic carbocycles. The number of benzene rings is 1. The van der Waals surface area contributed by atoms with Crippen LogP contribution in [0.4, 0.5) is 4.39 Å². The Labute approximate surface area is 123 Å². The highest BCUT2D eigenvalue weighted by molar-refractivity contribution is 6.31. The minimum atomic E-state index is -0.447. The molecular formula is C15H17ClFN3. The monoisotopic (exact) mass is 293 g/mol. The number of rotatable bonds is 3. The molecule has 0 spiro atoms. The zero-order valence-corrected chi connectivity index (χ0v) is 12.5. The molecule has 5 heteroatoms. The third-order valence-electron chi connectivity index (χ3n) is 3.35. The summed E-state index contributed by atoms with van der Waals surface area (Å²) >= 11 is 5.80. The van der Waals surface area contributed by atoms with Gasteiger partial charge in [0.25, 0.3) is 0 Å². The van der Waals surface area contributed by atoms with Crippen molar-refractivity contribution < 1.29 is 4.39 Å². The zero-order chi connectivity index (χ0) is 14.9. The molecule has 1 heterocycles. The SMILES string of the molecule is Cc1nc(-c2ccc(F)c(Cl)c2)nc(C)c1C(C)CN. The van der Waals surface area contributed by atoms with Gasteiger partial charge in [-0.2, -0.15) is 0 Å². The van der Waals surface area contributed by atoms with Gasteiger partial charge in [-0.3, -0.25) is 0 Å². The Morgan fingerprint density at radius 3 is 2.35 bits per heavy atom. The van der Waals surface area contributed by atoms with Crippen molar-refractivity contribution in [2.45, 2.75) is 26.7 Å². The quantitative estimate of drug-likeness (QED) is 0.940. The maximum atomic E-state index is 13.2. The van der Waals surface area contributed by atoms with E-state index in [1.165, 1.54) is 12.1 Å². The standard InChI is InChI=1S/C15H17ClFN3/c1-8(7-18)14-9(2)19-15(20-10(14)3)11-4-5-13(17)12(16)6-11/h4-6,8H,7,18H2,1-3H3. The summed E-state index contributed by atoms with van der Waals surface area (Å²) in [5, 5.41) is 0.0702. The van der Waals surface area contributed by atoms with Crippen molar-refractivity contribution in [1.82, 2.24) is 9.97 Å². The summed E-state index contributed by atoms with van der Waals surface area (Å²) in [4.78, 5) is 8.99. The highest BCUT2D eigenvalue weighted by atomic mass is 35.5. The molecule has 1 atom stereocenters. The van der Waals surface area contributed by atoms with Crippen molar-refractivity contribution in [2.24, 2.45) is 5.73 Å². The van der Waals surface area contributed by atoms with Gasteiger partial charge in [-0.1, -0.05) is 18.5 Å². The van der Waals surface area contributed by atoms with E-state index in [1.54, 1.807) is 6.07 Å². The van der Waals surface area contributed by atoms with E-state index >= 15 is 0 Å². The molecule has 2 N–H and O–H groups in total. The molecule has 3 nitrogen and oxygen atoms in total. The molecule has 106 valence electrons. The van der Waals surface area contributed by atoms with Crippen LogP contribution in [0.5, 0.6) is 0 Å².